The third kappa shape index (κ3) is 2.76. The highest BCUT2D eigenvalue weighted by Gasteiger charge is 2.39. The van der Waals surface area contributed by atoms with Gasteiger partial charge in [-0.3, -0.25) is 30.3 Å². The maximum absolute atomic E-state index is 11.8. The summed E-state index contributed by atoms with van der Waals surface area (Å²) in [5.74, 6) is -1.66. The van der Waals surface area contributed by atoms with Gasteiger partial charge in [0.15, 0.2) is 0 Å². The summed E-state index contributed by atoms with van der Waals surface area (Å²) < 4.78 is 0. The van der Waals surface area contributed by atoms with E-state index in [0.29, 0.717) is 12.1 Å². The van der Waals surface area contributed by atoms with Crippen LogP contribution >= 0.6 is 0 Å². The van der Waals surface area contributed by atoms with E-state index in [9.17, 15) is 50.8 Å². The van der Waals surface area contributed by atoms with E-state index in [2.05, 4.69) is 0 Å². The quantitative estimate of drug-likeness (QED) is 0.379. The highest BCUT2D eigenvalue weighted by molar-refractivity contribution is 6.13. The number of allylic oxidation sites excluding steroid dienone is 1. The van der Waals surface area contributed by atoms with Gasteiger partial charge in [-0.05, 0) is 0 Å². The predicted octanol–water partition coefficient (Wildman–Crippen LogP) is 2.94. The number of carbonyl (C=O) groups is 1. The molecule has 13 nitrogen and oxygen atoms in total. The standard InChI is InChI=1S/C17H5N5O8/c18-5-7(6-19)14-10-1-8(20(25)26)3-12(17(23)24)15(10)16-11(14)2-9(21(27)28)4-13(16)22(29)30/h1-4H,(H,23,24). The number of nitrogens with zero attached hydrogens (tertiary/aromatic N) is 5. The van der Waals surface area contributed by atoms with Gasteiger partial charge in [0, 0.05) is 40.5 Å². The minimum Gasteiger partial charge on any atom is -0.478 e. The number of aromatic carboxylic acids is 1. The molecule has 146 valence electrons. The number of nitro groups is 3. The van der Waals surface area contributed by atoms with E-state index in [1.165, 1.54) is 12.1 Å². The highest BCUT2D eigenvalue weighted by atomic mass is 16.6. The maximum atomic E-state index is 11.8. The minimum absolute atomic E-state index is 0.293. The van der Waals surface area contributed by atoms with E-state index in [-0.39, 0.29) is 27.8 Å². The lowest BCUT2D eigenvalue weighted by Gasteiger charge is -2.06. The van der Waals surface area contributed by atoms with Crippen molar-refractivity contribution in [2.75, 3.05) is 0 Å². The van der Waals surface area contributed by atoms with Crippen LogP contribution < -0.4 is 0 Å². The van der Waals surface area contributed by atoms with Crippen molar-refractivity contribution < 1.29 is 24.7 Å². The molecule has 3 rings (SSSR count). The van der Waals surface area contributed by atoms with E-state index in [4.69, 9.17) is 0 Å². The SMILES string of the molecule is N#CC(C#N)=C1c2cc([N+](=O)[O-])cc(C(=O)O)c2-c2c1cc([N+](=O)[O-])cc2[N+](=O)[O-]. The maximum Gasteiger partial charge on any atom is 0.336 e. The number of hydrogen-bond acceptors (Lipinski definition) is 9. The summed E-state index contributed by atoms with van der Waals surface area (Å²) in [6.45, 7) is 0. The number of non-ortho nitro benzene ring substituents is 2. The molecular formula is C17H5N5O8. The molecule has 0 aromatic heterocycles. The monoisotopic (exact) mass is 407 g/mol. The molecule has 1 aliphatic rings. The van der Waals surface area contributed by atoms with Crippen molar-refractivity contribution in [3.05, 3.63) is 76.9 Å². The molecule has 2 aromatic rings. The lowest BCUT2D eigenvalue weighted by atomic mass is 9.96. The van der Waals surface area contributed by atoms with Crippen molar-refractivity contribution in [3.8, 4) is 23.3 Å². The molecule has 0 bridgehead atoms. The first kappa shape index (κ1) is 19.6. The molecule has 0 atom stereocenters. The summed E-state index contributed by atoms with van der Waals surface area (Å²) in [6, 6.07) is 6.06. The van der Waals surface area contributed by atoms with Crippen LogP contribution in [0.2, 0.25) is 0 Å². The molecule has 0 unspecified atom stereocenters. The van der Waals surface area contributed by atoms with Crippen molar-refractivity contribution in [2.24, 2.45) is 0 Å². The largest absolute Gasteiger partial charge is 0.478 e. The first-order valence-electron chi connectivity index (χ1n) is 7.70. The van der Waals surface area contributed by atoms with E-state index in [1.54, 1.807) is 0 Å². The number of benzene rings is 2. The zero-order valence-corrected chi connectivity index (χ0v) is 14.4. The Bertz CT molecular complexity index is 1230. The van der Waals surface area contributed by atoms with E-state index in [1.807, 2.05) is 0 Å². The average molecular weight is 407 g/mol. The minimum atomic E-state index is -1.66. The fraction of sp³-hybridized carbons (Fsp3) is 0. The number of rotatable bonds is 4. The van der Waals surface area contributed by atoms with Gasteiger partial charge in [-0.2, -0.15) is 10.5 Å². The van der Waals surface area contributed by atoms with Gasteiger partial charge < -0.3 is 5.11 Å². The topological polar surface area (TPSA) is 214 Å². The van der Waals surface area contributed by atoms with Crippen LogP contribution in [0.25, 0.3) is 16.7 Å². The van der Waals surface area contributed by atoms with Gasteiger partial charge in [0.1, 0.15) is 17.7 Å². The summed E-state index contributed by atoms with van der Waals surface area (Å²) in [6.07, 6.45) is 0. The molecule has 0 radical (unpaired) electrons. The Hall–Kier alpha value is -5.17. The summed E-state index contributed by atoms with van der Waals surface area (Å²) >= 11 is 0. The molecule has 1 N–H and O–H groups in total. The average Bonchev–Trinajstić information content (AvgIpc) is 3.01. The Morgan fingerprint density at radius 2 is 1.33 bits per heavy atom. The normalized spacial score (nSPS) is 10.9. The molecule has 0 amide bonds. The van der Waals surface area contributed by atoms with E-state index >= 15 is 0 Å². The van der Waals surface area contributed by atoms with Crippen LogP contribution in [0.5, 0.6) is 0 Å². The van der Waals surface area contributed by atoms with Gasteiger partial charge in [0.05, 0.1) is 32.0 Å². The van der Waals surface area contributed by atoms with Crippen molar-refractivity contribution >= 4 is 28.6 Å². The number of hydrogen-bond donors (Lipinski definition) is 1. The number of nitro benzene ring substituents is 3. The van der Waals surface area contributed by atoms with Gasteiger partial charge in [-0.15, -0.1) is 0 Å². The molecule has 0 aliphatic heterocycles. The first-order chi connectivity index (χ1) is 14.1. The van der Waals surface area contributed by atoms with Crippen molar-refractivity contribution in [2.45, 2.75) is 0 Å². The van der Waals surface area contributed by atoms with Gasteiger partial charge in [0.2, 0.25) is 0 Å². The van der Waals surface area contributed by atoms with Crippen molar-refractivity contribution in [1.29, 1.82) is 10.5 Å². The third-order valence-electron chi connectivity index (χ3n) is 4.34. The van der Waals surface area contributed by atoms with Crippen LogP contribution in [0.15, 0.2) is 29.8 Å². The number of nitriles is 2. The fourth-order valence-electron chi connectivity index (χ4n) is 3.24. The lowest BCUT2D eigenvalue weighted by Crippen LogP contribution is -2.03. The fourth-order valence-corrected chi connectivity index (χ4v) is 3.24. The first-order valence-corrected chi connectivity index (χ1v) is 7.70. The second kappa shape index (κ2) is 6.77. The second-order valence-electron chi connectivity index (χ2n) is 5.85. The molecule has 13 heteroatoms. The van der Waals surface area contributed by atoms with Gasteiger partial charge in [-0.25, -0.2) is 4.79 Å². The molecule has 0 saturated heterocycles. The molecule has 0 fully saturated rings. The van der Waals surface area contributed by atoms with Crippen LogP contribution in [0, 0.1) is 53.0 Å². The molecule has 0 heterocycles. The lowest BCUT2D eigenvalue weighted by molar-refractivity contribution is -0.393. The van der Waals surface area contributed by atoms with Crippen LogP contribution in [0.1, 0.15) is 21.5 Å². The third-order valence-corrected chi connectivity index (χ3v) is 4.34. The van der Waals surface area contributed by atoms with Gasteiger partial charge in [0.25, 0.3) is 17.1 Å². The van der Waals surface area contributed by atoms with Crippen molar-refractivity contribution in [1.82, 2.24) is 0 Å². The Kier molecular flexibility index (Phi) is 4.42. The summed E-state index contributed by atoms with van der Waals surface area (Å²) in [7, 11) is 0. The Morgan fingerprint density at radius 3 is 1.77 bits per heavy atom. The molecular weight excluding hydrogens is 402 g/mol. The number of carboxylic acid groups (broad SMARTS) is 1. The van der Waals surface area contributed by atoms with Gasteiger partial charge in [-0.1, -0.05) is 0 Å². The van der Waals surface area contributed by atoms with E-state index < -0.39 is 48.9 Å². The molecule has 1 aliphatic carbocycles. The molecule has 0 saturated carbocycles. The van der Waals surface area contributed by atoms with Crippen LogP contribution in [0.4, 0.5) is 17.1 Å². The molecule has 0 spiro atoms. The van der Waals surface area contributed by atoms with Crippen LogP contribution in [-0.4, -0.2) is 25.8 Å². The summed E-state index contributed by atoms with van der Waals surface area (Å²) in [5, 5.41) is 62.2. The molecule has 30 heavy (non-hydrogen) atoms. The van der Waals surface area contributed by atoms with Crippen LogP contribution in [-0.2, 0) is 0 Å². The number of carboxylic acids is 1. The summed E-state index contributed by atoms with van der Waals surface area (Å²) in [5.41, 5.74) is -5.33. The molecule has 2 aromatic carbocycles. The highest BCUT2D eigenvalue weighted by Crippen LogP contribution is 2.53. The Morgan fingerprint density at radius 1 is 0.833 bits per heavy atom. The predicted molar refractivity (Wildman–Crippen MR) is 96.0 cm³/mol. The Balaban J connectivity index is 2.67. The summed E-state index contributed by atoms with van der Waals surface area (Å²) in [4.78, 5) is 43.0. The number of fused-ring (bicyclic) bond motifs is 3. The second-order valence-corrected chi connectivity index (χ2v) is 5.85. The smallest absolute Gasteiger partial charge is 0.336 e. The van der Waals surface area contributed by atoms with E-state index in [0.717, 1.165) is 12.1 Å². The Labute approximate surface area is 164 Å². The van der Waals surface area contributed by atoms with Gasteiger partial charge >= 0.3 is 5.97 Å². The van der Waals surface area contributed by atoms with Crippen molar-refractivity contribution in [3.63, 3.8) is 0 Å². The van der Waals surface area contributed by atoms with Crippen LogP contribution in [0.3, 0.4) is 0 Å². The zero-order chi connectivity index (χ0) is 22.3. The zero-order valence-electron chi connectivity index (χ0n) is 14.4.